The van der Waals surface area contributed by atoms with Crippen LogP contribution in [0, 0.1) is 5.92 Å². The molecule has 1 saturated carbocycles. The van der Waals surface area contributed by atoms with E-state index in [1.165, 1.54) is 0 Å². The fraction of sp³-hybridized carbons (Fsp3) is 0.423. The second-order valence-electron chi connectivity index (χ2n) is 9.22. The Labute approximate surface area is 184 Å². The topological polar surface area (TPSA) is 55.5 Å². The minimum atomic E-state index is -1.18. The largest absolute Gasteiger partial charge is 0.488 e. The van der Waals surface area contributed by atoms with Crippen molar-refractivity contribution in [1.82, 2.24) is 4.98 Å². The first-order valence-corrected chi connectivity index (χ1v) is 11.2. The normalized spacial score (nSPS) is 16.9. The summed E-state index contributed by atoms with van der Waals surface area (Å²) in [5.74, 6) is 2.21. The molecule has 5 heteroatoms. The van der Waals surface area contributed by atoms with Gasteiger partial charge in [0.15, 0.2) is 11.4 Å². The van der Waals surface area contributed by atoms with Crippen LogP contribution in [0.4, 0.5) is 0 Å². The van der Waals surface area contributed by atoms with Crippen molar-refractivity contribution in [1.29, 1.82) is 0 Å². The molecule has 0 bridgehead atoms. The van der Waals surface area contributed by atoms with Crippen molar-refractivity contribution in [3.05, 3.63) is 84.1 Å². The SMILES string of the molecule is C[N+](C)(CCOc1ccccc1)Cc1cnc(C(O)(c2ccccc2)C2CCCC2)o1. The molecule has 5 nitrogen and oxygen atoms in total. The standard InChI is InChI=1S/C26H33N2O3/c1-28(2,17-18-30-23-15-7-4-8-16-23)20-24-19-27-25(31-24)26(29,22-13-9-10-14-22)21-11-5-3-6-12-21/h3-8,11-12,15-16,19,22,29H,9-10,13-14,17-18,20H2,1-2H3/q+1. The first-order chi connectivity index (χ1) is 15.0. The van der Waals surface area contributed by atoms with Crippen LogP contribution >= 0.6 is 0 Å². The van der Waals surface area contributed by atoms with Gasteiger partial charge in [0, 0.05) is 5.92 Å². The van der Waals surface area contributed by atoms with Crippen LogP contribution in [-0.4, -0.2) is 41.8 Å². The van der Waals surface area contributed by atoms with Crippen LogP contribution in [0.25, 0.3) is 0 Å². The monoisotopic (exact) mass is 421 g/mol. The molecule has 4 rings (SSSR count). The molecule has 0 spiro atoms. The number of rotatable bonds is 9. The fourth-order valence-corrected chi connectivity index (χ4v) is 4.55. The number of likely N-dealkylation sites (N-methyl/N-ethyl adjacent to an activating group) is 1. The average molecular weight is 422 g/mol. The summed E-state index contributed by atoms with van der Waals surface area (Å²) in [6, 6.07) is 19.7. The molecule has 0 saturated heterocycles. The highest BCUT2D eigenvalue weighted by molar-refractivity contribution is 5.30. The molecule has 1 fully saturated rings. The predicted molar refractivity (Wildman–Crippen MR) is 121 cm³/mol. The molecule has 1 unspecified atom stereocenters. The van der Waals surface area contributed by atoms with Crippen molar-refractivity contribution in [2.24, 2.45) is 5.92 Å². The van der Waals surface area contributed by atoms with Gasteiger partial charge in [0.25, 0.3) is 0 Å². The number of nitrogens with zero attached hydrogens (tertiary/aromatic N) is 2. The van der Waals surface area contributed by atoms with E-state index in [2.05, 4.69) is 19.1 Å². The van der Waals surface area contributed by atoms with Crippen LogP contribution in [-0.2, 0) is 12.1 Å². The highest BCUT2D eigenvalue weighted by atomic mass is 16.5. The van der Waals surface area contributed by atoms with Crippen LogP contribution in [0.5, 0.6) is 5.75 Å². The van der Waals surface area contributed by atoms with E-state index in [-0.39, 0.29) is 5.92 Å². The number of para-hydroxylation sites is 1. The van der Waals surface area contributed by atoms with E-state index in [4.69, 9.17) is 9.15 Å². The lowest BCUT2D eigenvalue weighted by Gasteiger charge is -2.32. The molecular weight excluding hydrogens is 388 g/mol. The molecule has 0 radical (unpaired) electrons. The molecule has 3 aromatic rings. The van der Waals surface area contributed by atoms with Gasteiger partial charge in [-0.15, -0.1) is 0 Å². The second-order valence-corrected chi connectivity index (χ2v) is 9.22. The lowest BCUT2D eigenvalue weighted by Crippen LogP contribution is -2.41. The van der Waals surface area contributed by atoms with Crippen LogP contribution in [0.2, 0.25) is 0 Å². The maximum atomic E-state index is 11.9. The van der Waals surface area contributed by atoms with Crippen molar-refractivity contribution < 1.29 is 18.7 Å². The number of hydrogen-bond donors (Lipinski definition) is 1. The highest BCUT2D eigenvalue weighted by Crippen LogP contribution is 2.44. The minimum absolute atomic E-state index is 0.128. The molecular formula is C26H33N2O3+. The molecule has 0 aliphatic heterocycles. The Kier molecular flexibility index (Phi) is 6.44. The summed E-state index contributed by atoms with van der Waals surface area (Å²) in [7, 11) is 4.30. The first kappa shape index (κ1) is 21.6. The molecule has 1 aromatic heterocycles. The molecule has 1 aliphatic carbocycles. The number of oxazole rings is 1. The number of aromatic nitrogens is 1. The van der Waals surface area contributed by atoms with Crippen molar-refractivity contribution in [3.63, 3.8) is 0 Å². The molecule has 2 aromatic carbocycles. The quantitative estimate of drug-likeness (QED) is 0.506. The highest BCUT2D eigenvalue weighted by Gasteiger charge is 2.45. The number of aliphatic hydroxyl groups is 1. The van der Waals surface area contributed by atoms with Crippen LogP contribution < -0.4 is 4.74 Å². The summed E-state index contributed by atoms with van der Waals surface area (Å²) in [5, 5.41) is 11.9. The van der Waals surface area contributed by atoms with Gasteiger partial charge in [0.05, 0.1) is 20.3 Å². The molecule has 164 valence electrons. The van der Waals surface area contributed by atoms with E-state index in [1.54, 1.807) is 6.20 Å². The van der Waals surface area contributed by atoms with Crippen molar-refractivity contribution in [2.75, 3.05) is 27.2 Å². The molecule has 0 amide bonds. The van der Waals surface area contributed by atoms with Crippen LogP contribution in [0.3, 0.4) is 0 Å². The summed E-state index contributed by atoms with van der Waals surface area (Å²) in [6.45, 7) is 2.13. The lowest BCUT2D eigenvalue weighted by molar-refractivity contribution is -0.904. The van der Waals surface area contributed by atoms with Crippen molar-refractivity contribution in [3.8, 4) is 5.75 Å². The maximum absolute atomic E-state index is 11.9. The Bertz CT molecular complexity index is 949. The molecule has 1 atom stereocenters. The van der Waals surface area contributed by atoms with Gasteiger partial charge >= 0.3 is 0 Å². The average Bonchev–Trinajstić information content (AvgIpc) is 3.47. The third kappa shape index (κ3) is 5.00. The predicted octanol–water partition coefficient (Wildman–Crippen LogP) is 4.76. The van der Waals surface area contributed by atoms with Gasteiger partial charge in [0.2, 0.25) is 5.89 Å². The van der Waals surface area contributed by atoms with E-state index in [1.807, 2.05) is 60.7 Å². The van der Waals surface area contributed by atoms with Gasteiger partial charge in [-0.05, 0) is 30.5 Å². The smallest absolute Gasteiger partial charge is 0.231 e. The molecule has 31 heavy (non-hydrogen) atoms. The fourth-order valence-electron chi connectivity index (χ4n) is 4.55. The number of benzene rings is 2. The first-order valence-electron chi connectivity index (χ1n) is 11.2. The second kappa shape index (κ2) is 9.25. The zero-order valence-corrected chi connectivity index (χ0v) is 18.5. The Morgan fingerprint density at radius 2 is 1.68 bits per heavy atom. The van der Waals surface area contributed by atoms with Gasteiger partial charge in [0.1, 0.15) is 25.4 Å². The van der Waals surface area contributed by atoms with E-state index in [0.29, 0.717) is 23.5 Å². The molecule has 1 N–H and O–H groups in total. The van der Waals surface area contributed by atoms with E-state index in [0.717, 1.165) is 49.3 Å². The number of hydrogen-bond acceptors (Lipinski definition) is 4. The third-order valence-corrected chi connectivity index (χ3v) is 6.33. The summed E-state index contributed by atoms with van der Waals surface area (Å²) in [4.78, 5) is 4.56. The van der Waals surface area contributed by atoms with E-state index in [9.17, 15) is 5.11 Å². The third-order valence-electron chi connectivity index (χ3n) is 6.33. The molecule has 1 heterocycles. The summed E-state index contributed by atoms with van der Waals surface area (Å²) < 4.78 is 12.8. The summed E-state index contributed by atoms with van der Waals surface area (Å²) in [6.07, 6.45) is 6.02. The minimum Gasteiger partial charge on any atom is -0.488 e. The Balaban J connectivity index is 1.46. The van der Waals surface area contributed by atoms with Gasteiger partial charge in [-0.25, -0.2) is 4.98 Å². The molecule has 1 aliphatic rings. The number of quaternary nitrogens is 1. The zero-order valence-electron chi connectivity index (χ0n) is 18.5. The maximum Gasteiger partial charge on any atom is 0.231 e. The van der Waals surface area contributed by atoms with Gasteiger partial charge < -0.3 is 18.7 Å². The van der Waals surface area contributed by atoms with E-state index >= 15 is 0 Å². The van der Waals surface area contributed by atoms with Crippen molar-refractivity contribution >= 4 is 0 Å². The van der Waals surface area contributed by atoms with Crippen LogP contribution in [0.1, 0.15) is 42.9 Å². The zero-order chi connectivity index (χ0) is 21.7. The van der Waals surface area contributed by atoms with E-state index < -0.39 is 5.60 Å². The Morgan fingerprint density at radius 3 is 2.35 bits per heavy atom. The summed E-state index contributed by atoms with van der Waals surface area (Å²) >= 11 is 0. The van der Waals surface area contributed by atoms with Gasteiger partial charge in [-0.3, -0.25) is 0 Å². The van der Waals surface area contributed by atoms with Crippen molar-refractivity contribution in [2.45, 2.75) is 37.8 Å². The van der Waals surface area contributed by atoms with Gasteiger partial charge in [-0.1, -0.05) is 61.4 Å². The lowest BCUT2D eigenvalue weighted by atomic mass is 9.80. The van der Waals surface area contributed by atoms with Crippen LogP contribution in [0.15, 0.2) is 71.3 Å². The van der Waals surface area contributed by atoms with Gasteiger partial charge in [-0.2, -0.15) is 0 Å². The Morgan fingerprint density at radius 1 is 1.03 bits per heavy atom. The Hall–Kier alpha value is -2.63. The number of ether oxygens (including phenoxy) is 1. The summed E-state index contributed by atoms with van der Waals surface area (Å²) in [5.41, 5.74) is -0.316.